The Bertz CT molecular complexity index is 125. The Labute approximate surface area is 76.9 Å². The van der Waals surface area contributed by atoms with Gasteiger partial charge in [-0.25, -0.2) is 0 Å². The minimum absolute atomic E-state index is 0.0894. The number of halogens is 1. The molecule has 0 bridgehead atoms. The summed E-state index contributed by atoms with van der Waals surface area (Å²) >= 11 is 3.44. The zero-order valence-electron chi connectivity index (χ0n) is 7.36. The molecular formula is C8H16BrNO. The van der Waals surface area contributed by atoms with Crippen LogP contribution in [0.1, 0.15) is 27.2 Å². The highest BCUT2D eigenvalue weighted by Crippen LogP contribution is 2.02. The van der Waals surface area contributed by atoms with Gasteiger partial charge in [0.1, 0.15) is 0 Å². The normalized spacial score (nSPS) is 13.2. The average molecular weight is 222 g/mol. The van der Waals surface area contributed by atoms with Gasteiger partial charge in [0.05, 0.1) is 0 Å². The summed E-state index contributed by atoms with van der Waals surface area (Å²) < 4.78 is 0. The number of alkyl halides is 1. The molecule has 0 heterocycles. The summed E-state index contributed by atoms with van der Waals surface area (Å²) in [5.41, 5.74) is 0. The van der Waals surface area contributed by atoms with Gasteiger partial charge in [0.25, 0.3) is 0 Å². The molecule has 2 nitrogen and oxygen atoms in total. The van der Waals surface area contributed by atoms with E-state index in [0.29, 0.717) is 4.83 Å². The lowest BCUT2D eigenvalue weighted by Crippen LogP contribution is -2.32. The number of amides is 1. The molecule has 0 saturated heterocycles. The van der Waals surface area contributed by atoms with Crippen LogP contribution in [0, 0.1) is 5.92 Å². The molecule has 0 aliphatic rings. The molecule has 3 heteroatoms. The van der Waals surface area contributed by atoms with Crippen LogP contribution in [-0.2, 0) is 4.79 Å². The predicted molar refractivity (Wildman–Crippen MR) is 50.9 cm³/mol. The summed E-state index contributed by atoms with van der Waals surface area (Å²) in [6.45, 7) is 6.60. The van der Waals surface area contributed by atoms with Crippen molar-refractivity contribution in [1.82, 2.24) is 5.32 Å². The molecule has 11 heavy (non-hydrogen) atoms. The summed E-state index contributed by atoms with van der Waals surface area (Å²) in [5.74, 6) is 0.217. The first-order chi connectivity index (χ1) is 5.07. The average Bonchev–Trinajstić information content (AvgIpc) is 1.99. The number of carbonyl (C=O) groups is 1. The predicted octanol–water partition coefficient (Wildman–Crippen LogP) is 1.93. The van der Waals surface area contributed by atoms with Gasteiger partial charge in [-0.2, -0.15) is 0 Å². The largest absolute Gasteiger partial charge is 0.355 e. The lowest BCUT2D eigenvalue weighted by atomic mass is 10.2. The second-order valence-electron chi connectivity index (χ2n) is 2.91. The topological polar surface area (TPSA) is 29.1 Å². The van der Waals surface area contributed by atoms with Gasteiger partial charge in [0, 0.05) is 17.3 Å². The molecule has 0 radical (unpaired) electrons. The van der Waals surface area contributed by atoms with Crippen LogP contribution in [0.4, 0.5) is 0 Å². The van der Waals surface area contributed by atoms with E-state index in [2.05, 4.69) is 28.2 Å². The third-order valence-corrected chi connectivity index (χ3v) is 2.44. The van der Waals surface area contributed by atoms with Crippen molar-refractivity contribution in [2.75, 3.05) is 6.54 Å². The molecular weight excluding hydrogens is 206 g/mol. The zero-order valence-corrected chi connectivity index (χ0v) is 8.94. The Morgan fingerprint density at radius 2 is 2.09 bits per heavy atom. The van der Waals surface area contributed by atoms with Crippen LogP contribution in [-0.4, -0.2) is 17.3 Å². The van der Waals surface area contributed by atoms with Crippen LogP contribution in [0.15, 0.2) is 0 Å². The van der Waals surface area contributed by atoms with Crippen molar-refractivity contribution in [2.45, 2.75) is 32.0 Å². The van der Waals surface area contributed by atoms with Crippen LogP contribution in [0.2, 0.25) is 0 Å². The maximum atomic E-state index is 11.0. The molecule has 0 aliphatic heterocycles. The quantitative estimate of drug-likeness (QED) is 0.723. The Morgan fingerprint density at radius 1 is 1.55 bits per heavy atom. The van der Waals surface area contributed by atoms with Gasteiger partial charge >= 0.3 is 0 Å². The Morgan fingerprint density at radius 3 is 2.45 bits per heavy atom. The van der Waals surface area contributed by atoms with E-state index in [1.807, 2.05) is 13.8 Å². The van der Waals surface area contributed by atoms with Crippen molar-refractivity contribution in [2.24, 2.45) is 5.92 Å². The lowest BCUT2D eigenvalue weighted by molar-refractivity contribution is -0.123. The molecule has 1 amide bonds. The van der Waals surface area contributed by atoms with Gasteiger partial charge in [-0.15, -0.1) is 0 Å². The Kier molecular flexibility index (Phi) is 5.56. The molecule has 66 valence electrons. The van der Waals surface area contributed by atoms with E-state index in [0.717, 1.165) is 13.0 Å². The third kappa shape index (κ3) is 5.24. The van der Waals surface area contributed by atoms with Gasteiger partial charge < -0.3 is 5.32 Å². The highest BCUT2D eigenvalue weighted by molar-refractivity contribution is 9.09. The number of carbonyl (C=O) groups excluding carboxylic acids is 1. The van der Waals surface area contributed by atoms with Gasteiger partial charge in [-0.1, -0.05) is 36.7 Å². The smallest absolute Gasteiger partial charge is 0.222 e. The number of hydrogen-bond donors (Lipinski definition) is 1. The summed E-state index contributed by atoms with van der Waals surface area (Å²) in [5, 5.41) is 2.85. The second-order valence-corrected chi connectivity index (χ2v) is 4.20. The summed E-state index contributed by atoms with van der Waals surface area (Å²) in [7, 11) is 0. The molecule has 0 rings (SSSR count). The van der Waals surface area contributed by atoms with Gasteiger partial charge in [-0.05, 0) is 6.42 Å². The van der Waals surface area contributed by atoms with E-state index in [-0.39, 0.29) is 11.8 Å². The number of nitrogens with one attached hydrogen (secondary N) is 1. The highest BCUT2D eigenvalue weighted by Gasteiger charge is 2.07. The second kappa shape index (κ2) is 5.58. The third-order valence-electron chi connectivity index (χ3n) is 1.47. The lowest BCUT2D eigenvalue weighted by Gasteiger charge is -2.10. The maximum Gasteiger partial charge on any atom is 0.222 e. The van der Waals surface area contributed by atoms with E-state index >= 15 is 0 Å². The molecule has 0 fully saturated rings. The van der Waals surface area contributed by atoms with Crippen LogP contribution in [0.25, 0.3) is 0 Å². The van der Waals surface area contributed by atoms with Crippen molar-refractivity contribution < 1.29 is 4.79 Å². The first-order valence-electron chi connectivity index (χ1n) is 3.99. The van der Waals surface area contributed by atoms with E-state index in [1.54, 1.807) is 0 Å². The summed E-state index contributed by atoms with van der Waals surface area (Å²) in [4.78, 5) is 11.4. The fraction of sp³-hybridized carbons (Fsp3) is 0.875. The minimum Gasteiger partial charge on any atom is -0.355 e. The maximum absolute atomic E-state index is 11.0. The SMILES string of the molecule is CCC(Br)CNC(=O)C(C)C. The highest BCUT2D eigenvalue weighted by atomic mass is 79.9. The van der Waals surface area contributed by atoms with E-state index < -0.39 is 0 Å². The molecule has 0 aromatic rings. The molecule has 0 aliphatic carbocycles. The van der Waals surface area contributed by atoms with Gasteiger partial charge in [-0.3, -0.25) is 4.79 Å². The minimum atomic E-state index is 0.0894. The zero-order chi connectivity index (χ0) is 8.85. The van der Waals surface area contributed by atoms with Gasteiger partial charge in [0.2, 0.25) is 5.91 Å². The van der Waals surface area contributed by atoms with Crippen molar-refractivity contribution in [3.05, 3.63) is 0 Å². The Balaban J connectivity index is 3.46. The molecule has 0 spiro atoms. The summed E-state index contributed by atoms with van der Waals surface area (Å²) in [6, 6.07) is 0. The monoisotopic (exact) mass is 221 g/mol. The molecule has 0 saturated carbocycles. The van der Waals surface area contributed by atoms with Crippen molar-refractivity contribution in [1.29, 1.82) is 0 Å². The van der Waals surface area contributed by atoms with Crippen LogP contribution in [0.5, 0.6) is 0 Å². The first-order valence-corrected chi connectivity index (χ1v) is 4.91. The molecule has 1 atom stereocenters. The van der Waals surface area contributed by atoms with Crippen LogP contribution in [0.3, 0.4) is 0 Å². The Hall–Kier alpha value is -0.0500. The van der Waals surface area contributed by atoms with Gasteiger partial charge in [0.15, 0.2) is 0 Å². The van der Waals surface area contributed by atoms with Crippen LogP contribution >= 0.6 is 15.9 Å². The van der Waals surface area contributed by atoms with E-state index in [1.165, 1.54) is 0 Å². The summed E-state index contributed by atoms with van der Waals surface area (Å²) in [6.07, 6.45) is 1.04. The number of rotatable bonds is 4. The van der Waals surface area contributed by atoms with Crippen LogP contribution < -0.4 is 5.32 Å². The fourth-order valence-electron chi connectivity index (χ4n) is 0.560. The van der Waals surface area contributed by atoms with Crippen molar-refractivity contribution >= 4 is 21.8 Å². The van der Waals surface area contributed by atoms with Crippen molar-refractivity contribution in [3.8, 4) is 0 Å². The first kappa shape index (κ1) is 11.0. The molecule has 1 unspecified atom stereocenters. The van der Waals surface area contributed by atoms with E-state index in [9.17, 15) is 4.79 Å². The standard InChI is InChI=1S/C8H16BrNO/c1-4-7(9)5-10-8(11)6(2)3/h6-7H,4-5H2,1-3H3,(H,10,11). The number of hydrogen-bond acceptors (Lipinski definition) is 1. The molecule has 1 N–H and O–H groups in total. The fourth-order valence-corrected chi connectivity index (χ4v) is 0.722. The van der Waals surface area contributed by atoms with Crippen molar-refractivity contribution in [3.63, 3.8) is 0 Å². The molecule has 0 aromatic heterocycles. The molecule has 0 aromatic carbocycles. The van der Waals surface area contributed by atoms with E-state index in [4.69, 9.17) is 0 Å².